The van der Waals surface area contributed by atoms with E-state index in [4.69, 9.17) is 0 Å². The third-order valence-corrected chi connectivity index (χ3v) is 4.47. The van der Waals surface area contributed by atoms with Crippen molar-refractivity contribution in [3.05, 3.63) is 53.1 Å². The molecule has 1 saturated heterocycles. The minimum absolute atomic E-state index is 0.348. The topological polar surface area (TPSA) is 33.1 Å². The summed E-state index contributed by atoms with van der Waals surface area (Å²) < 4.78 is 2.13. The molecule has 0 amide bonds. The van der Waals surface area contributed by atoms with Gasteiger partial charge in [0.1, 0.15) is 5.82 Å². The van der Waals surface area contributed by atoms with Gasteiger partial charge in [-0.15, -0.1) is 0 Å². The molecule has 4 heteroatoms. The van der Waals surface area contributed by atoms with Crippen LogP contribution in [0.25, 0.3) is 0 Å². The zero-order chi connectivity index (χ0) is 14.8. The number of hydrogen-bond acceptors (Lipinski definition) is 3. The molecule has 1 aromatic heterocycles. The lowest BCUT2D eigenvalue weighted by molar-refractivity contribution is 0.144. The van der Waals surface area contributed by atoms with Crippen LogP contribution in [0.4, 0.5) is 0 Å². The first-order chi connectivity index (χ1) is 10.1. The molecule has 21 heavy (non-hydrogen) atoms. The van der Waals surface area contributed by atoms with E-state index >= 15 is 0 Å². The van der Waals surface area contributed by atoms with Gasteiger partial charge in [-0.25, -0.2) is 4.98 Å². The molecule has 3 rings (SSSR count). The predicted molar refractivity (Wildman–Crippen MR) is 85.1 cm³/mol. The van der Waals surface area contributed by atoms with Gasteiger partial charge in [-0.1, -0.05) is 18.2 Å². The van der Waals surface area contributed by atoms with Gasteiger partial charge in [0.15, 0.2) is 0 Å². The van der Waals surface area contributed by atoms with Gasteiger partial charge in [0.05, 0.1) is 6.04 Å². The van der Waals surface area contributed by atoms with E-state index in [2.05, 4.69) is 58.9 Å². The summed E-state index contributed by atoms with van der Waals surface area (Å²) in [5.41, 5.74) is 4.12. The van der Waals surface area contributed by atoms with E-state index in [1.54, 1.807) is 0 Å². The highest BCUT2D eigenvalue weighted by molar-refractivity contribution is 5.30. The summed E-state index contributed by atoms with van der Waals surface area (Å²) in [7, 11) is 2.07. The molecule has 1 atom stereocenters. The number of aryl methyl sites for hydroxylation is 3. The normalized spacial score (nSPS) is 19.9. The Kier molecular flexibility index (Phi) is 4.08. The summed E-state index contributed by atoms with van der Waals surface area (Å²) in [5, 5.41) is 3.49. The highest BCUT2D eigenvalue weighted by Crippen LogP contribution is 2.23. The van der Waals surface area contributed by atoms with Crippen LogP contribution in [0.1, 0.15) is 28.6 Å². The van der Waals surface area contributed by atoms with Gasteiger partial charge in [0.25, 0.3) is 0 Å². The average molecular weight is 284 g/mol. The summed E-state index contributed by atoms with van der Waals surface area (Å²) in [5.74, 6) is 1.14. The molecular weight excluding hydrogens is 260 g/mol. The van der Waals surface area contributed by atoms with E-state index in [1.807, 2.05) is 12.4 Å². The highest BCUT2D eigenvalue weighted by atomic mass is 15.3. The monoisotopic (exact) mass is 284 g/mol. The fourth-order valence-corrected chi connectivity index (χ4v) is 3.02. The van der Waals surface area contributed by atoms with Crippen LogP contribution >= 0.6 is 0 Å². The van der Waals surface area contributed by atoms with E-state index in [-0.39, 0.29) is 0 Å². The third-order valence-electron chi connectivity index (χ3n) is 4.47. The summed E-state index contributed by atoms with van der Waals surface area (Å²) in [6.07, 6.45) is 3.91. The van der Waals surface area contributed by atoms with Crippen LogP contribution in [-0.4, -0.2) is 34.1 Å². The maximum absolute atomic E-state index is 4.54. The lowest BCUT2D eigenvalue weighted by atomic mass is 10.0. The van der Waals surface area contributed by atoms with E-state index in [0.29, 0.717) is 6.04 Å². The van der Waals surface area contributed by atoms with Crippen LogP contribution in [0.5, 0.6) is 0 Å². The average Bonchev–Trinajstić information content (AvgIpc) is 2.90. The fourth-order valence-electron chi connectivity index (χ4n) is 3.02. The number of imidazole rings is 1. The fraction of sp³-hybridized carbons (Fsp3) is 0.471. The molecule has 1 fully saturated rings. The first kappa shape index (κ1) is 14.3. The number of piperazine rings is 1. The Morgan fingerprint density at radius 2 is 2.14 bits per heavy atom. The molecule has 112 valence electrons. The molecule has 2 heterocycles. The van der Waals surface area contributed by atoms with Crippen LogP contribution in [0.3, 0.4) is 0 Å². The van der Waals surface area contributed by atoms with Crippen molar-refractivity contribution in [2.24, 2.45) is 7.05 Å². The largest absolute Gasteiger partial charge is 0.337 e. The number of benzene rings is 1. The summed E-state index contributed by atoms with van der Waals surface area (Å²) in [6, 6.07) is 7.13. The number of aromatic nitrogens is 2. The van der Waals surface area contributed by atoms with Gasteiger partial charge in [-0.2, -0.15) is 0 Å². The Hall–Kier alpha value is -1.65. The van der Waals surface area contributed by atoms with Gasteiger partial charge in [0, 0.05) is 45.6 Å². The summed E-state index contributed by atoms with van der Waals surface area (Å²) >= 11 is 0. The number of hydrogen-bond donors (Lipinski definition) is 1. The molecule has 0 aliphatic carbocycles. The van der Waals surface area contributed by atoms with Gasteiger partial charge >= 0.3 is 0 Å². The minimum atomic E-state index is 0.348. The van der Waals surface area contributed by atoms with Crippen LogP contribution in [0.15, 0.2) is 30.6 Å². The van der Waals surface area contributed by atoms with Crippen LogP contribution in [0.2, 0.25) is 0 Å². The van der Waals surface area contributed by atoms with Crippen molar-refractivity contribution in [1.82, 2.24) is 19.8 Å². The molecule has 2 aromatic rings. The zero-order valence-electron chi connectivity index (χ0n) is 13.1. The van der Waals surface area contributed by atoms with Crippen LogP contribution in [-0.2, 0) is 13.6 Å². The van der Waals surface area contributed by atoms with Crippen molar-refractivity contribution in [1.29, 1.82) is 0 Å². The molecule has 4 nitrogen and oxygen atoms in total. The Morgan fingerprint density at radius 3 is 2.86 bits per heavy atom. The van der Waals surface area contributed by atoms with Crippen molar-refractivity contribution in [2.75, 3.05) is 19.6 Å². The smallest absolute Gasteiger partial charge is 0.127 e. The van der Waals surface area contributed by atoms with E-state index < -0.39 is 0 Å². The third kappa shape index (κ3) is 3.01. The zero-order valence-corrected chi connectivity index (χ0v) is 13.1. The molecule has 1 aliphatic heterocycles. The first-order valence-corrected chi connectivity index (χ1v) is 7.63. The minimum Gasteiger partial charge on any atom is -0.337 e. The van der Waals surface area contributed by atoms with Crippen molar-refractivity contribution >= 4 is 0 Å². The maximum atomic E-state index is 4.54. The molecule has 0 bridgehead atoms. The Labute approximate surface area is 126 Å². The van der Waals surface area contributed by atoms with Crippen LogP contribution in [0, 0.1) is 13.8 Å². The molecule has 0 spiro atoms. The highest BCUT2D eigenvalue weighted by Gasteiger charge is 2.26. The second-order valence-corrected chi connectivity index (χ2v) is 6.01. The Bertz CT molecular complexity index is 617. The van der Waals surface area contributed by atoms with E-state index in [0.717, 1.165) is 32.0 Å². The van der Waals surface area contributed by atoms with Crippen molar-refractivity contribution in [3.8, 4) is 0 Å². The van der Waals surface area contributed by atoms with Gasteiger partial charge in [0.2, 0.25) is 0 Å². The molecule has 1 aromatic carbocycles. The van der Waals surface area contributed by atoms with Crippen molar-refractivity contribution < 1.29 is 0 Å². The van der Waals surface area contributed by atoms with Crippen molar-refractivity contribution in [2.45, 2.75) is 26.4 Å². The number of nitrogens with one attached hydrogen (secondary N) is 1. The quantitative estimate of drug-likeness (QED) is 0.938. The second-order valence-electron chi connectivity index (χ2n) is 6.01. The lowest BCUT2D eigenvalue weighted by Crippen LogP contribution is -2.46. The van der Waals surface area contributed by atoms with Crippen molar-refractivity contribution in [3.63, 3.8) is 0 Å². The van der Waals surface area contributed by atoms with Gasteiger partial charge < -0.3 is 9.88 Å². The van der Waals surface area contributed by atoms with E-state index in [1.165, 1.54) is 16.7 Å². The van der Waals surface area contributed by atoms with E-state index in [9.17, 15) is 0 Å². The Balaban J connectivity index is 1.81. The molecule has 1 unspecified atom stereocenters. The standard InChI is InChI=1S/C17H24N4/c1-13-4-5-15(10-14(13)2)12-21-9-6-18-11-16(21)17-19-7-8-20(17)3/h4-5,7-8,10,16,18H,6,9,11-12H2,1-3H3. The first-order valence-electron chi connectivity index (χ1n) is 7.63. The molecular formula is C17H24N4. The number of rotatable bonds is 3. The second kappa shape index (κ2) is 6.00. The predicted octanol–water partition coefficient (Wildman–Crippen LogP) is 2.18. The van der Waals surface area contributed by atoms with Gasteiger partial charge in [-0.3, -0.25) is 4.90 Å². The number of nitrogens with zero attached hydrogens (tertiary/aromatic N) is 3. The molecule has 0 saturated carbocycles. The lowest BCUT2D eigenvalue weighted by Gasteiger charge is -2.35. The maximum Gasteiger partial charge on any atom is 0.127 e. The summed E-state index contributed by atoms with van der Waals surface area (Å²) in [4.78, 5) is 7.07. The molecule has 0 radical (unpaired) electrons. The molecule has 1 aliphatic rings. The Morgan fingerprint density at radius 1 is 1.29 bits per heavy atom. The van der Waals surface area contributed by atoms with Crippen LogP contribution < -0.4 is 5.32 Å². The summed E-state index contributed by atoms with van der Waals surface area (Å²) in [6.45, 7) is 8.42. The molecule has 1 N–H and O–H groups in total. The van der Waals surface area contributed by atoms with Gasteiger partial charge in [-0.05, 0) is 30.5 Å². The SMILES string of the molecule is Cc1ccc(CN2CCNCC2c2nccn2C)cc1C.